The van der Waals surface area contributed by atoms with E-state index in [1.54, 1.807) is 12.1 Å². The highest BCUT2D eigenvalue weighted by atomic mass is 35.5. The smallest absolute Gasteiger partial charge is 0.349 e. The first kappa shape index (κ1) is 10.8. The third-order valence-electron chi connectivity index (χ3n) is 1.80. The lowest BCUT2D eigenvalue weighted by Gasteiger charge is -1.97. The Morgan fingerprint density at radius 1 is 1.50 bits per heavy atom. The Kier molecular flexibility index (Phi) is 2.76. The van der Waals surface area contributed by atoms with Gasteiger partial charge in [-0.3, -0.25) is 9.36 Å². The Labute approximate surface area is 98.6 Å². The number of aromatic nitrogens is 2. The maximum atomic E-state index is 11.4. The van der Waals surface area contributed by atoms with Crippen molar-refractivity contribution in [2.75, 3.05) is 0 Å². The Bertz CT molecular complexity index is 605. The number of halogens is 1. The molecule has 0 amide bonds. The van der Waals surface area contributed by atoms with Crippen LogP contribution in [-0.2, 0) is 0 Å². The van der Waals surface area contributed by atoms with Crippen molar-refractivity contribution in [1.82, 2.24) is 9.55 Å². The molecule has 0 saturated heterocycles. The van der Waals surface area contributed by atoms with Gasteiger partial charge in [-0.1, -0.05) is 29.0 Å². The van der Waals surface area contributed by atoms with E-state index < -0.39 is 5.97 Å². The predicted octanol–water partition coefficient (Wildman–Crippen LogP) is 1.65. The molecule has 0 radical (unpaired) electrons. The van der Waals surface area contributed by atoms with Crippen LogP contribution in [0.2, 0.25) is 5.15 Å². The lowest BCUT2D eigenvalue weighted by atomic mass is 10.5. The van der Waals surface area contributed by atoms with Gasteiger partial charge in [0.05, 0.1) is 0 Å². The minimum atomic E-state index is -1.15. The number of pyridine rings is 1. The van der Waals surface area contributed by atoms with Crippen molar-refractivity contribution in [1.29, 1.82) is 0 Å². The first-order chi connectivity index (χ1) is 7.59. The van der Waals surface area contributed by atoms with E-state index in [0.29, 0.717) is 0 Å². The SMILES string of the molecule is O=C(O)c1sc(-n2ccccc2=O)nc1Cl. The van der Waals surface area contributed by atoms with Crippen molar-refractivity contribution in [3.05, 3.63) is 44.8 Å². The second-order valence-electron chi connectivity index (χ2n) is 2.83. The molecule has 2 aromatic rings. The molecular weight excluding hydrogens is 252 g/mol. The lowest BCUT2D eigenvalue weighted by Crippen LogP contribution is -2.15. The van der Waals surface area contributed by atoms with Gasteiger partial charge < -0.3 is 5.11 Å². The molecule has 7 heteroatoms. The van der Waals surface area contributed by atoms with E-state index in [1.807, 2.05) is 0 Å². The third-order valence-corrected chi connectivity index (χ3v) is 3.23. The normalized spacial score (nSPS) is 10.3. The third kappa shape index (κ3) is 1.84. The Morgan fingerprint density at radius 2 is 2.25 bits per heavy atom. The molecule has 0 unspecified atom stereocenters. The number of hydrogen-bond donors (Lipinski definition) is 1. The summed E-state index contributed by atoms with van der Waals surface area (Å²) in [6.07, 6.45) is 1.50. The lowest BCUT2D eigenvalue weighted by molar-refractivity contribution is 0.0702. The molecule has 0 spiro atoms. The minimum absolute atomic E-state index is 0.0765. The summed E-state index contributed by atoms with van der Waals surface area (Å²) in [5.74, 6) is -1.15. The van der Waals surface area contributed by atoms with Gasteiger partial charge in [-0.05, 0) is 6.07 Å². The van der Waals surface area contributed by atoms with Crippen LogP contribution >= 0.6 is 22.9 Å². The molecule has 0 bridgehead atoms. The summed E-state index contributed by atoms with van der Waals surface area (Å²) >= 11 is 6.50. The fourth-order valence-corrected chi connectivity index (χ4v) is 2.22. The predicted molar refractivity (Wildman–Crippen MR) is 59.7 cm³/mol. The second-order valence-corrected chi connectivity index (χ2v) is 4.17. The van der Waals surface area contributed by atoms with E-state index in [1.165, 1.54) is 16.8 Å². The van der Waals surface area contributed by atoms with Gasteiger partial charge in [-0.2, -0.15) is 0 Å². The summed E-state index contributed by atoms with van der Waals surface area (Å²) in [4.78, 5) is 26.0. The van der Waals surface area contributed by atoms with Gasteiger partial charge in [0.25, 0.3) is 5.56 Å². The molecule has 0 aliphatic carbocycles. The van der Waals surface area contributed by atoms with Gasteiger partial charge in [-0.25, -0.2) is 9.78 Å². The van der Waals surface area contributed by atoms with Crippen LogP contribution in [0.3, 0.4) is 0 Å². The van der Waals surface area contributed by atoms with E-state index >= 15 is 0 Å². The van der Waals surface area contributed by atoms with Gasteiger partial charge in [0.2, 0.25) is 0 Å². The number of nitrogens with zero attached hydrogens (tertiary/aromatic N) is 2. The summed E-state index contributed by atoms with van der Waals surface area (Å²) in [5.41, 5.74) is -0.287. The molecule has 16 heavy (non-hydrogen) atoms. The van der Waals surface area contributed by atoms with Crippen LogP contribution in [0.4, 0.5) is 0 Å². The summed E-state index contributed by atoms with van der Waals surface area (Å²) in [7, 11) is 0. The molecule has 0 aliphatic heterocycles. The maximum absolute atomic E-state index is 11.4. The summed E-state index contributed by atoms with van der Waals surface area (Å²) in [6.45, 7) is 0. The zero-order valence-corrected chi connectivity index (χ0v) is 9.33. The topological polar surface area (TPSA) is 72.2 Å². The highest BCUT2D eigenvalue weighted by Gasteiger charge is 2.16. The van der Waals surface area contributed by atoms with Crippen molar-refractivity contribution in [2.24, 2.45) is 0 Å². The number of hydrogen-bond acceptors (Lipinski definition) is 4. The van der Waals surface area contributed by atoms with Crippen molar-refractivity contribution in [2.45, 2.75) is 0 Å². The Balaban J connectivity index is 2.59. The number of thiazole rings is 1. The summed E-state index contributed by atoms with van der Waals surface area (Å²) < 4.78 is 1.24. The molecule has 0 fully saturated rings. The first-order valence-corrected chi connectivity index (χ1v) is 5.36. The van der Waals surface area contributed by atoms with Crippen LogP contribution in [-0.4, -0.2) is 20.6 Å². The number of carboxylic acid groups (broad SMARTS) is 1. The average molecular weight is 257 g/mol. The first-order valence-electron chi connectivity index (χ1n) is 4.17. The zero-order chi connectivity index (χ0) is 11.7. The number of carbonyl (C=O) groups is 1. The van der Waals surface area contributed by atoms with E-state index in [-0.39, 0.29) is 20.7 Å². The molecule has 2 rings (SSSR count). The van der Waals surface area contributed by atoms with Crippen LogP contribution < -0.4 is 5.56 Å². The molecular formula is C9H5ClN2O3S. The van der Waals surface area contributed by atoms with Crippen molar-refractivity contribution in [3.8, 4) is 5.13 Å². The van der Waals surface area contributed by atoms with Gasteiger partial charge in [0, 0.05) is 12.3 Å². The van der Waals surface area contributed by atoms with Gasteiger partial charge in [0.15, 0.2) is 15.2 Å². The average Bonchev–Trinajstić information content (AvgIpc) is 2.61. The highest BCUT2D eigenvalue weighted by molar-refractivity contribution is 7.16. The molecule has 0 atom stereocenters. The number of aromatic carboxylic acids is 1. The fraction of sp³-hybridized carbons (Fsp3) is 0. The van der Waals surface area contributed by atoms with Crippen LogP contribution in [0, 0.1) is 0 Å². The Morgan fingerprint density at radius 3 is 2.81 bits per heavy atom. The number of carboxylic acids is 1. The molecule has 0 aliphatic rings. The molecule has 1 N–H and O–H groups in total. The summed E-state index contributed by atoms with van der Waals surface area (Å²) in [6, 6.07) is 4.60. The largest absolute Gasteiger partial charge is 0.477 e. The van der Waals surface area contributed by atoms with Crippen LogP contribution in [0.25, 0.3) is 5.13 Å². The van der Waals surface area contributed by atoms with E-state index in [9.17, 15) is 9.59 Å². The Hall–Kier alpha value is -1.66. The van der Waals surface area contributed by atoms with E-state index in [2.05, 4.69) is 4.98 Å². The van der Waals surface area contributed by atoms with Gasteiger partial charge >= 0.3 is 5.97 Å². The van der Waals surface area contributed by atoms with Crippen molar-refractivity contribution >= 4 is 28.9 Å². The minimum Gasteiger partial charge on any atom is -0.477 e. The van der Waals surface area contributed by atoms with Gasteiger partial charge in [0.1, 0.15) is 0 Å². The van der Waals surface area contributed by atoms with E-state index in [4.69, 9.17) is 16.7 Å². The number of rotatable bonds is 2. The monoisotopic (exact) mass is 256 g/mol. The van der Waals surface area contributed by atoms with Crippen molar-refractivity contribution in [3.63, 3.8) is 0 Å². The fourth-order valence-electron chi connectivity index (χ4n) is 1.11. The molecule has 2 heterocycles. The molecule has 2 aromatic heterocycles. The highest BCUT2D eigenvalue weighted by Crippen LogP contribution is 2.24. The maximum Gasteiger partial charge on any atom is 0.349 e. The van der Waals surface area contributed by atoms with Crippen molar-refractivity contribution < 1.29 is 9.90 Å². The van der Waals surface area contributed by atoms with E-state index in [0.717, 1.165) is 11.3 Å². The standard InChI is InChI=1S/C9H5ClN2O3S/c10-7-6(8(14)15)16-9(11-7)12-4-2-1-3-5(12)13/h1-4H,(H,14,15). The summed E-state index contributed by atoms with van der Waals surface area (Å²) in [5, 5.41) is 8.93. The van der Waals surface area contributed by atoms with Crippen LogP contribution in [0.15, 0.2) is 29.2 Å². The zero-order valence-electron chi connectivity index (χ0n) is 7.75. The van der Waals surface area contributed by atoms with Crippen LogP contribution in [0.1, 0.15) is 9.67 Å². The molecule has 0 saturated carbocycles. The quantitative estimate of drug-likeness (QED) is 0.887. The second kappa shape index (κ2) is 4.07. The molecule has 0 aromatic carbocycles. The molecule has 82 valence electrons. The molecule has 5 nitrogen and oxygen atoms in total. The van der Waals surface area contributed by atoms with Crippen LogP contribution in [0.5, 0.6) is 0 Å². The van der Waals surface area contributed by atoms with Gasteiger partial charge in [-0.15, -0.1) is 0 Å².